The molecule has 2 rings (SSSR count). The summed E-state index contributed by atoms with van der Waals surface area (Å²) in [5.41, 5.74) is -1.23. The Morgan fingerprint density at radius 3 is 2.18 bits per heavy atom. The van der Waals surface area contributed by atoms with Crippen LogP contribution in [0.25, 0.3) is 0 Å². The molecule has 0 spiro atoms. The van der Waals surface area contributed by atoms with Gasteiger partial charge in [-0.15, -0.1) is 0 Å². The minimum Gasteiger partial charge on any atom is -0.512 e. The Bertz CT molecular complexity index is 963. The first-order valence-corrected chi connectivity index (χ1v) is 11.6. The molecule has 8 heteroatoms. The van der Waals surface area contributed by atoms with E-state index >= 15 is 0 Å². The zero-order valence-corrected chi connectivity index (χ0v) is 19.8. The number of carbonyl (C=O) groups excluding carboxylic acids is 2. The SMILES string of the molecule is CCCC(=O)/C(C(=O)C1CC1c1ccc(Cl)cc1C(F)(F)F)=C(O)\C(CCC)=C(\O)CCC. The van der Waals surface area contributed by atoms with Crippen molar-refractivity contribution in [2.24, 2.45) is 5.92 Å². The third-order valence-electron chi connectivity index (χ3n) is 5.71. The molecule has 0 bridgehead atoms. The smallest absolute Gasteiger partial charge is 0.416 e. The van der Waals surface area contributed by atoms with Gasteiger partial charge in [-0.2, -0.15) is 13.2 Å². The highest BCUT2D eigenvalue weighted by molar-refractivity contribution is 6.30. The number of aliphatic hydroxyl groups excluding tert-OH is 2. The van der Waals surface area contributed by atoms with Gasteiger partial charge in [-0.05, 0) is 49.3 Å². The van der Waals surface area contributed by atoms with Gasteiger partial charge in [0, 0.05) is 29.4 Å². The summed E-state index contributed by atoms with van der Waals surface area (Å²) in [6, 6.07) is 3.43. The van der Waals surface area contributed by atoms with Crippen molar-refractivity contribution in [2.75, 3.05) is 0 Å². The second-order valence-corrected chi connectivity index (χ2v) is 8.80. The molecule has 1 aromatic carbocycles. The highest BCUT2D eigenvalue weighted by Gasteiger charge is 2.50. The van der Waals surface area contributed by atoms with E-state index in [4.69, 9.17) is 11.6 Å². The number of alkyl halides is 3. The Kier molecular flexibility index (Phi) is 9.18. The number of hydrogen-bond acceptors (Lipinski definition) is 4. The number of aliphatic hydroxyl groups is 2. The Morgan fingerprint density at radius 2 is 1.64 bits per heavy atom. The first-order valence-electron chi connectivity index (χ1n) is 11.3. The standard InChI is InChI=1S/C25H30ClF3O4/c1-4-7-16(20(30)8-5-2)23(32)22(21(31)9-6-3)24(33)18-13-17(18)15-11-10-14(26)12-19(15)25(27,28)29/h10-12,17-18,30,32H,4-9,13H2,1-3H3/b20-16+,23-22-. The van der Waals surface area contributed by atoms with Gasteiger partial charge < -0.3 is 10.2 Å². The van der Waals surface area contributed by atoms with Gasteiger partial charge in [0.25, 0.3) is 0 Å². The molecule has 1 saturated carbocycles. The van der Waals surface area contributed by atoms with Crippen molar-refractivity contribution in [1.29, 1.82) is 0 Å². The third kappa shape index (κ3) is 6.40. The van der Waals surface area contributed by atoms with Crippen molar-refractivity contribution in [3.63, 3.8) is 0 Å². The molecule has 2 atom stereocenters. The highest BCUT2D eigenvalue weighted by Crippen LogP contribution is 2.53. The molecule has 1 fully saturated rings. The summed E-state index contributed by atoms with van der Waals surface area (Å²) in [6.45, 7) is 5.42. The Labute approximate surface area is 197 Å². The van der Waals surface area contributed by atoms with Crippen LogP contribution in [0, 0.1) is 5.92 Å². The lowest BCUT2D eigenvalue weighted by molar-refractivity contribution is -0.138. The van der Waals surface area contributed by atoms with Crippen LogP contribution in [0.3, 0.4) is 0 Å². The summed E-state index contributed by atoms with van der Waals surface area (Å²) in [5.74, 6) is -3.49. The van der Waals surface area contributed by atoms with E-state index in [-0.39, 0.29) is 47.6 Å². The molecule has 0 aromatic heterocycles. The summed E-state index contributed by atoms with van der Waals surface area (Å²) in [4.78, 5) is 26.1. The number of rotatable bonds is 11. The van der Waals surface area contributed by atoms with E-state index in [2.05, 4.69) is 0 Å². The van der Waals surface area contributed by atoms with Crippen LogP contribution in [0.4, 0.5) is 13.2 Å². The van der Waals surface area contributed by atoms with E-state index in [1.54, 1.807) is 6.92 Å². The van der Waals surface area contributed by atoms with E-state index in [1.165, 1.54) is 12.1 Å². The summed E-state index contributed by atoms with van der Waals surface area (Å²) in [5, 5.41) is 21.3. The van der Waals surface area contributed by atoms with Gasteiger partial charge in [0.15, 0.2) is 11.6 Å². The predicted molar refractivity (Wildman–Crippen MR) is 121 cm³/mol. The molecule has 0 heterocycles. The van der Waals surface area contributed by atoms with Crippen LogP contribution in [0.2, 0.25) is 5.02 Å². The van der Waals surface area contributed by atoms with Crippen LogP contribution in [0.15, 0.2) is 40.9 Å². The quantitative estimate of drug-likeness (QED) is 0.111. The molecular weight excluding hydrogens is 457 g/mol. The second-order valence-electron chi connectivity index (χ2n) is 8.36. The maximum atomic E-state index is 13.5. The van der Waals surface area contributed by atoms with E-state index in [0.717, 1.165) is 6.07 Å². The number of Topliss-reactive ketones (excluding diaryl/α,β-unsaturated/α-hetero) is 2. The zero-order chi connectivity index (χ0) is 24.9. The predicted octanol–water partition coefficient (Wildman–Crippen LogP) is 7.63. The molecule has 1 aliphatic carbocycles. The lowest BCUT2D eigenvalue weighted by Crippen LogP contribution is -2.19. The van der Waals surface area contributed by atoms with E-state index < -0.39 is 46.5 Å². The molecule has 0 radical (unpaired) electrons. The van der Waals surface area contributed by atoms with Crippen molar-refractivity contribution in [3.05, 3.63) is 57.0 Å². The largest absolute Gasteiger partial charge is 0.512 e. The molecule has 182 valence electrons. The zero-order valence-electron chi connectivity index (χ0n) is 19.1. The van der Waals surface area contributed by atoms with E-state index in [1.807, 2.05) is 13.8 Å². The van der Waals surface area contributed by atoms with Gasteiger partial charge >= 0.3 is 6.18 Å². The van der Waals surface area contributed by atoms with Gasteiger partial charge in [0.05, 0.1) is 11.3 Å². The Morgan fingerprint density at radius 1 is 1.03 bits per heavy atom. The fraction of sp³-hybridized carbons (Fsp3) is 0.520. The monoisotopic (exact) mass is 486 g/mol. The topological polar surface area (TPSA) is 74.6 Å². The van der Waals surface area contributed by atoms with Crippen LogP contribution in [0.5, 0.6) is 0 Å². The molecule has 2 N–H and O–H groups in total. The van der Waals surface area contributed by atoms with Crippen LogP contribution in [-0.2, 0) is 15.8 Å². The van der Waals surface area contributed by atoms with Crippen molar-refractivity contribution < 1.29 is 33.0 Å². The number of hydrogen-bond donors (Lipinski definition) is 2. The van der Waals surface area contributed by atoms with Crippen LogP contribution < -0.4 is 0 Å². The molecule has 4 nitrogen and oxygen atoms in total. The average molecular weight is 487 g/mol. The summed E-state index contributed by atoms with van der Waals surface area (Å²) >= 11 is 5.75. The Hall–Kier alpha value is -2.28. The number of carbonyl (C=O) groups is 2. The number of ketones is 2. The van der Waals surface area contributed by atoms with Crippen molar-refractivity contribution >= 4 is 23.2 Å². The van der Waals surface area contributed by atoms with E-state index in [9.17, 15) is 33.0 Å². The average Bonchev–Trinajstić information content (AvgIpc) is 3.52. The molecule has 0 aliphatic heterocycles. The fourth-order valence-corrected chi connectivity index (χ4v) is 4.21. The van der Waals surface area contributed by atoms with Gasteiger partial charge in [0.1, 0.15) is 11.3 Å². The summed E-state index contributed by atoms with van der Waals surface area (Å²) in [7, 11) is 0. The number of halogens is 4. The summed E-state index contributed by atoms with van der Waals surface area (Å²) < 4.78 is 40.6. The molecule has 1 aliphatic rings. The molecule has 1 aromatic rings. The molecule has 33 heavy (non-hydrogen) atoms. The maximum absolute atomic E-state index is 13.5. The highest BCUT2D eigenvalue weighted by atomic mass is 35.5. The first-order chi connectivity index (χ1) is 15.5. The van der Waals surface area contributed by atoms with Crippen LogP contribution in [0.1, 0.15) is 82.8 Å². The minimum atomic E-state index is -4.64. The van der Waals surface area contributed by atoms with Gasteiger partial charge in [-0.1, -0.05) is 44.9 Å². The summed E-state index contributed by atoms with van der Waals surface area (Å²) in [6.07, 6.45) is -2.38. The van der Waals surface area contributed by atoms with Gasteiger partial charge in [-0.25, -0.2) is 0 Å². The molecule has 0 saturated heterocycles. The number of benzene rings is 1. The van der Waals surface area contributed by atoms with Crippen LogP contribution in [-0.4, -0.2) is 21.8 Å². The van der Waals surface area contributed by atoms with Crippen molar-refractivity contribution in [3.8, 4) is 0 Å². The Balaban J connectivity index is 2.51. The fourth-order valence-electron chi connectivity index (χ4n) is 4.04. The second kappa shape index (κ2) is 11.2. The van der Waals surface area contributed by atoms with Gasteiger partial charge in [0.2, 0.25) is 0 Å². The van der Waals surface area contributed by atoms with E-state index in [0.29, 0.717) is 19.3 Å². The first kappa shape index (κ1) is 27.0. The molecule has 2 unspecified atom stereocenters. The van der Waals surface area contributed by atoms with Crippen molar-refractivity contribution in [1.82, 2.24) is 0 Å². The third-order valence-corrected chi connectivity index (χ3v) is 5.94. The van der Waals surface area contributed by atoms with Gasteiger partial charge in [-0.3, -0.25) is 9.59 Å². The maximum Gasteiger partial charge on any atom is 0.416 e. The normalized spacial score (nSPS) is 19.6. The molecular formula is C25H30ClF3O4. The lowest BCUT2D eigenvalue weighted by atomic mass is 9.91. The lowest BCUT2D eigenvalue weighted by Gasteiger charge is -2.15. The number of allylic oxidation sites excluding steroid dienone is 3. The minimum absolute atomic E-state index is 0.00517. The van der Waals surface area contributed by atoms with Crippen molar-refractivity contribution in [2.45, 2.75) is 77.8 Å². The van der Waals surface area contributed by atoms with Crippen LogP contribution >= 0.6 is 11.6 Å². The molecule has 0 amide bonds.